The minimum atomic E-state index is -0.109. The molecule has 4 heteroatoms. The number of ketones is 2. The molecule has 4 nitrogen and oxygen atoms in total. The van der Waals surface area contributed by atoms with Crippen molar-refractivity contribution >= 4 is 11.6 Å². The highest BCUT2D eigenvalue weighted by Crippen LogP contribution is 2.22. The maximum Gasteiger partial charge on any atom is 0.235 e. The number of carbonyl (C=O) groups is 2. The van der Waals surface area contributed by atoms with Crippen molar-refractivity contribution in [3.63, 3.8) is 0 Å². The lowest BCUT2D eigenvalue weighted by Crippen LogP contribution is -2.97. The Hall–Kier alpha value is -1.42. The molecular weight excluding hydrogens is 276 g/mol. The smallest absolute Gasteiger partial charge is 0.235 e. The fraction of sp³-hybridized carbons (Fsp3) is 0.667. The summed E-state index contributed by atoms with van der Waals surface area (Å²) in [5, 5.41) is 2.23. The van der Waals surface area contributed by atoms with Gasteiger partial charge < -0.3 is 10.3 Å². The van der Waals surface area contributed by atoms with E-state index in [1.807, 2.05) is 20.8 Å². The first-order chi connectivity index (χ1) is 10.3. The molecule has 22 heavy (non-hydrogen) atoms. The minimum Gasteiger partial charge on any atom is -0.355 e. The van der Waals surface area contributed by atoms with Gasteiger partial charge in [0.05, 0.1) is 11.7 Å². The molecule has 3 atom stereocenters. The van der Waals surface area contributed by atoms with Crippen molar-refractivity contribution in [3.8, 4) is 0 Å². The molecule has 1 aromatic heterocycles. The van der Waals surface area contributed by atoms with Gasteiger partial charge in [-0.05, 0) is 52.5 Å². The molecule has 122 valence electrons. The summed E-state index contributed by atoms with van der Waals surface area (Å²) in [7, 11) is 0. The van der Waals surface area contributed by atoms with Crippen LogP contribution in [0.25, 0.3) is 0 Å². The summed E-state index contributed by atoms with van der Waals surface area (Å²) in [4.78, 5) is 27.6. The molecule has 0 bridgehead atoms. The molecule has 1 heterocycles. The number of hydrogen-bond acceptors (Lipinski definition) is 2. The number of Topliss-reactive ketones (excluding diaryl/α,β-unsaturated/α-hetero) is 2. The van der Waals surface area contributed by atoms with Crippen molar-refractivity contribution in [3.05, 3.63) is 22.5 Å². The number of nitrogens with one attached hydrogen (secondary N) is 1. The Morgan fingerprint density at radius 3 is 2.41 bits per heavy atom. The normalized spacial score (nSPS) is 23.3. The first-order valence-corrected chi connectivity index (χ1v) is 8.42. The third-order valence-corrected chi connectivity index (χ3v) is 5.16. The number of aromatic nitrogens is 1. The van der Waals surface area contributed by atoms with Gasteiger partial charge in [0.25, 0.3) is 0 Å². The zero-order valence-corrected chi connectivity index (χ0v) is 14.5. The molecule has 1 aromatic rings. The predicted molar refractivity (Wildman–Crippen MR) is 87.4 cm³/mol. The molecule has 0 spiro atoms. The minimum absolute atomic E-state index is 0.0165. The molecule has 0 unspecified atom stereocenters. The van der Waals surface area contributed by atoms with E-state index in [4.69, 9.17) is 0 Å². The van der Waals surface area contributed by atoms with Crippen LogP contribution in [0.4, 0.5) is 0 Å². The number of quaternary nitrogens is 1. The molecule has 0 saturated heterocycles. The fourth-order valence-electron chi connectivity index (χ4n) is 3.84. The van der Waals surface area contributed by atoms with Gasteiger partial charge in [-0.1, -0.05) is 13.3 Å². The van der Waals surface area contributed by atoms with Crippen molar-refractivity contribution in [2.45, 2.75) is 72.4 Å². The summed E-state index contributed by atoms with van der Waals surface area (Å²) in [6.45, 7) is 9.54. The van der Waals surface area contributed by atoms with Crippen molar-refractivity contribution in [2.24, 2.45) is 5.92 Å². The lowest BCUT2D eigenvalue weighted by Gasteiger charge is -2.28. The molecule has 1 aliphatic rings. The number of aryl methyl sites for hydroxylation is 1. The topological polar surface area (TPSA) is 66.5 Å². The Kier molecular flexibility index (Phi) is 5.22. The van der Waals surface area contributed by atoms with Crippen LogP contribution in [-0.2, 0) is 0 Å². The molecule has 1 aliphatic carbocycles. The van der Waals surface area contributed by atoms with Crippen LogP contribution in [0.3, 0.4) is 0 Å². The third kappa shape index (κ3) is 3.32. The van der Waals surface area contributed by atoms with Gasteiger partial charge in [-0.15, -0.1) is 0 Å². The van der Waals surface area contributed by atoms with Gasteiger partial charge in [-0.3, -0.25) is 9.59 Å². The molecule has 0 radical (unpaired) electrons. The Morgan fingerprint density at radius 1 is 1.23 bits per heavy atom. The largest absolute Gasteiger partial charge is 0.355 e. The lowest BCUT2D eigenvalue weighted by molar-refractivity contribution is -0.713. The third-order valence-electron chi connectivity index (χ3n) is 5.16. The van der Waals surface area contributed by atoms with Crippen LogP contribution in [0, 0.1) is 19.8 Å². The number of aromatic amines is 1. The van der Waals surface area contributed by atoms with Crippen LogP contribution in [-0.4, -0.2) is 28.6 Å². The van der Waals surface area contributed by atoms with Crippen molar-refractivity contribution < 1.29 is 14.9 Å². The number of H-pyrrole nitrogens is 1. The molecule has 0 amide bonds. The van der Waals surface area contributed by atoms with E-state index in [2.05, 4.69) is 17.2 Å². The van der Waals surface area contributed by atoms with Gasteiger partial charge >= 0.3 is 0 Å². The van der Waals surface area contributed by atoms with Gasteiger partial charge in [-0.25, -0.2) is 0 Å². The quantitative estimate of drug-likeness (QED) is 0.821. The SMILES string of the molecule is CC(=O)c1c(C)[nH]c(C(=O)[C@H](C)[NH2+][C@H]2CCCC[C@@H]2C)c1C. The Morgan fingerprint density at radius 2 is 1.86 bits per heavy atom. The lowest BCUT2D eigenvalue weighted by atomic mass is 9.85. The second-order valence-electron chi connectivity index (χ2n) is 6.95. The maximum absolute atomic E-state index is 12.8. The van der Waals surface area contributed by atoms with E-state index in [-0.39, 0.29) is 17.6 Å². The highest BCUT2D eigenvalue weighted by Gasteiger charge is 2.31. The first-order valence-electron chi connectivity index (χ1n) is 8.42. The average molecular weight is 305 g/mol. The number of rotatable bonds is 5. The van der Waals surface area contributed by atoms with Crippen LogP contribution in [0.2, 0.25) is 0 Å². The zero-order valence-electron chi connectivity index (χ0n) is 14.5. The Labute approximate surface area is 133 Å². The van der Waals surface area contributed by atoms with E-state index in [0.717, 1.165) is 11.3 Å². The van der Waals surface area contributed by atoms with Gasteiger partial charge in [0, 0.05) is 17.2 Å². The van der Waals surface area contributed by atoms with E-state index in [1.54, 1.807) is 6.92 Å². The monoisotopic (exact) mass is 305 g/mol. The van der Waals surface area contributed by atoms with Crippen LogP contribution in [0.5, 0.6) is 0 Å². The second kappa shape index (κ2) is 6.78. The van der Waals surface area contributed by atoms with Gasteiger partial charge in [-0.2, -0.15) is 0 Å². The average Bonchev–Trinajstić information content (AvgIpc) is 2.75. The molecule has 3 N–H and O–H groups in total. The standard InChI is InChI=1S/C18H28N2O2/c1-10-8-6-7-9-15(10)19-13(4)18(22)17-11(2)16(14(5)21)12(3)20-17/h10,13,15,19-20H,6-9H2,1-5H3/p+1/t10-,13-,15-/m0/s1. The summed E-state index contributed by atoms with van der Waals surface area (Å²) < 4.78 is 0. The summed E-state index contributed by atoms with van der Waals surface area (Å²) in [6, 6.07) is 0.429. The maximum atomic E-state index is 12.8. The van der Waals surface area contributed by atoms with Crippen molar-refractivity contribution in [2.75, 3.05) is 0 Å². The Bertz CT molecular complexity index is 574. The van der Waals surface area contributed by atoms with Gasteiger partial charge in [0.2, 0.25) is 5.78 Å². The summed E-state index contributed by atoms with van der Waals surface area (Å²) in [5.74, 6) is 0.789. The van der Waals surface area contributed by atoms with Crippen LogP contribution in [0.1, 0.15) is 78.6 Å². The molecule has 1 saturated carbocycles. The van der Waals surface area contributed by atoms with Crippen LogP contribution in [0.15, 0.2) is 0 Å². The van der Waals surface area contributed by atoms with Crippen LogP contribution >= 0.6 is 0 Å². The highest BCUT2D eigenvalue weighted by atomic mass is 16.1. The molecule has 0 aliphatic heterocycles. The summed E-state index contributed by atoms with van der Waals surface area (Å²) in [6.07, 6.45) is 5.03. The van der Waals surface area contributed by atoms with E-state index >= 15 is 0 Å². The molecular formula is C18H29N2O2+. The van der Waals surface area contributed by atoms with E-state index in [1.165, 1.54) is 25.7 Å². The van der Waals surface area contributed by atoms with Crippen molar-refractivity contribution in [1.82, 2.24) is 4.98 Å². The van der Waals surface area contributed by atoms with E-state index in [0.29, 0.717) is 23.2 Å². The fourth-order valence-corrected chi connectivity index (χ4v) is 3.84. The van der Waals surface area contributed by atoms with Crippen molar-refractivity contribution in [1.29, 1.82) is 0 Å². The van der Waals surface area contributed by atoms with Gasteiger partial charge in [0.15, 0.2) is 5.78 Å². The van der Waals surface area contributed by atoms with E-state index in [9.17, 15) is 9.59 Å². The second-order valence-corrected chi connectivity index (χ2v) is 6.95. The molecule has 2 rings (SSSR count). The van der Waals surface area contributed by atoms with E-state index < -0.39 is 0 Å². The zero-order chi connectivity index (χ0) is 16.4. The summed E-state index contributed by atoms with van der Waals surface area (Å²) >= 11 is 0. The number of carbonyl (C=O) groups excluding carboxylic acids is 2. The highest BCUT2D eigenvalue weighted by molar-refractivity contribution is 6.04. The predicted octanol–water partition coefficient (Wildman–Crippen LogP) is 2.55. The number of nitrogens with two attached hydrogens (primary N) is 1. The van der Waals surface area contributed by atoms with Crippen LogP contribution < -0.4 is 5.32 Å². The Balaban J connectivity index is 2.14. The first kappa shape index (κ1) is 16.9. The molecule has 0 aromatic carbocycles. The summed E-state index contributed by atoms with van der Waals surface area (Å²) in [5.41, 5.74) is 2.87. The number of hydrogen-bond donors (Lipinski definition) is 2. The molecule has 1 fully saturated rings. The van der Waals surface area contributed by atoms with Gasteiger partial charge in [0.1, 0.15) is 6.04 Å².